The first kappa shape index (κ1) is 13.8. The van der Waals surface area contributed by atoms with Gasteiger partial charge in [0.1, 0.15) is 6.17 Å². The summed E-state index contributed by atoms with van der Waals surface area (Å²) in [6.45, 7) is 1.57. The van der Waals surface area contributed by atoms with Crippen molar-refractivity contribution in [2.24, 2.45) is 5.92 Å². The molecule has 16 heavy (non-hydrogen) atoms. The predicted octanol–water partition coefficient (Wildman–Crippen LogP) is -0.166. The van der Waals surface area contributed by atoms with E-state index in [1.165, 1.54) is 21.0 Å². The predicted molar refractivity (Wildman–Crippen MR) is 58.9 cm³/mol. The first-order valence-electron chi connectivity index (χ1n) is 5.25. The minimum Gasteiger partial charge on any atom is -0.392 e. The van der Waals surface area contributed by atoms with Crippen LogP contribution < -0.4 is 0 Å². The summed E-state index contributed by atoms with van der Waals surface area (Å²) in [4.78, 5) is 0. The average molecular weight is 254 g/mol. The van der Waals surface area contributed by atoms with Crippen molar-refractivity contribution >= 4 is 10.2 Å². The third-order valence-corrected chi connectivity index (χ3v) is 4.74. The Bertz CT molecular complexity index is 332. The maximum Gasteiger partial charge on any atom is 0.281 e. The van der Waals surface area contributed by atoms with Crippen LogP contribution in [0.15, 0.2) is 0 Å². The summed E-state index contributed by atoms with van der Waals surface area (Å²) < 4.78 is 39.0. The van der Waals surface area contributed by atoms with Gasteiger partial charge in [0.25, 0.3) is 10.2 Å². The van der Waals surface area contributed by atoms with Crippen LogP contribution in [0.3, 0.4) is 0 Å². The van der Waals surface area contributed by atoms with Gasteiger partial charge >= 0.3 is 0 Å². The average Bonchev–Trinajstić information content (AvgIpc) is 2.16. The highest BCUT2D eigenvalue weighted by Gasteiger charge is 2.36. The number of aliphatic hydroxyl groups excluding tert-OH is 1. The molecule has 0 aromatic carbocycles. The van der Waals surface area contributed by atoms with Crippen LogP contribution in [0.1, 0.15) is 13.3 Å². The molecule has 0 amide bonds. The second-order valence-electron chi connectivity index (χ2n) is 4.43. The zero-order chi connectivity index (χ0) is 12.5. The van der Waals surface area contributed by atoms with E-state index in [0.29, 0.717) is 6.42 Å². The largest absolute Gasteiger partial charge is 0.392 e. The number of nitrogens with zero attached hydrogens (tertiary/aromatic N) is 2. The van der Waals surface area contributed by atoms with Crippen molar-refractivity contribution in [3.05, 3.63) is 0 Å². The van der Waals surface area contributed by atoms with Crippen LogP contribution in [0.5, 0.6) is 0 Å². The van der Waals surface area contributed by atoms with Gasteiger partial charge in [-0.15, -0.1) is 0 Å². The van der Waals surface area contributed by atoms with Crippen molar-refractivity contribution in [3.8, 4) is 0 Å². The molecule has 3 atom stereocenters. The highest BCUT2D eigenvalue weighted by atomic mass is 32.2. The van der Waals surface area contributed by atoms with Gasteiger partial charge in [-0.2, -0.15) is 17.0 Å². The molecule has 1 fully saturated rings. The second-order valence-corrected chi connectivity index (χ2v) is 6.58. The number of halogens is 1. The Morgan fingerprint density at radius 2 is 2.00 bits per heavy atom. The lowest BCUT2D eigenvalue weighted by molar-refractivity contribution is 0.0479. The van der Waals surface area contributed by atoms with Gasteiger partial charge in [-0.05, 0) is 13.3 Å². The van der Waals surface area contributed by atoms with Crippen molar-refractivity contribution in [1.82, 2.24) is 8.61 Å². The van der Waals surface area contributed by atoms with Crippen LogP contribution in [0.4, 0.5) is 4.39 Å². The minimum atomic E-state index is -3.56. The molecule has 0 bridgehead atoms. The fraction of sp³-hybridized carbons (Fsp3) is 1.00. The van der Waals surface area contributed by atoms with Gasteiger partial charge in [0, 0.05) is 33.1 Å². The summed E-state index contributed by atoms with van der Waals surface area (Å²) in [7, 11) is -0.718. The summed E-state index contributed by atoms with van der Waals surface area (Å²) in [5.74, 6) is -0.432. The van der Waals surface area contributed by atoms with Crippen LogP contribution >= 0.6 is 0 Å². The molecule has 0 aromatic rings. The van der Waals surface area contributed by atoms with Crippen LogP contribution in [-0.4, -0.2) is 61.6 Å². The molecule has 0 spiro atoms. The van der Waals surface area contributed by atoms with E-state index >= 15 is 0 Å². The van der Waals surface area contributed by atoms with E-state index in [2.05, 4.69) is 0 Å². The van der Waals surface area contributed by atoms with Gasteiger partial charge in [-0.3, -0.25) is 0 Å². The summed E-state index contributed by atoms with van der Waals surface area (Å²) >= 11 is 0. The second kappa shape index (κ2) is 4.95. The van der Waals surface area contributed by atoms with Crippen LogP contribution in [-0.2, 0) is 10.2 Å². The molecule has 5 nitrogen and oxygen atoms in total. The molecule has 1 heterocycles. The van der Waals surface area contributed by atoms with E-state index in [-0.39, 0.29) is 13.1 Å². The van der Waals surface area contributed by atoms with E-state index in [9.17, 15) is 17.9 Å². The molecule has 1 rings (SSSR count). The van der Waals surface area contributed by atoms with Crippen LogP contribution in [0.25, 0.3) is 0 Å². The Labute approximate surface area is 96.0 Å². The monoisotopic (exact) mass is 254 g/mol. The number of alkyl halides is 1. The van der Waals surface area contributed by atoms with Crippen molar-refractivity contribution in [2.75, 3.05) is 27.2 Å². The normalized spacial score (nSPS) is 30.6. The lowest BCUT2D eigenvalue weighted by atomic mass is 9.94. The minimum absolute atomic E-state index is 0.0454. The zero-order valence-electron chi connectivity index (χ0n) is 9.80. The summed E-state index contributed by atoms with van der Waals surface area (Å²) in [5, 5.41) is 9.55. The van der Waals surface area contributed by atoms with Crippen molar-refractivity contribution in [2.45, 2.75) is 25.6 Å². The molecular weight excluding hydrogens is 235 g/mol. The van der Waals surface area contributed by atoms with Crippen molar-refractivity contribution < 1.29 is 17.9 Å². The summed E-state index contributed by atoms with van der Waals surface area (Å²) in [6.07, 6.45) is -1.58. The molecular formula is C9H19FN2O3S. The van der Waals surface area contributed by atoms with E-state index < -0.39 is 28.4 Å². The van der Waals surface area contributed by atoms with Crippen molar-refractivity contribution in [3.63, 3.8) is 0 Å². The molecule has 1 aliphatic rings. The molecule has 1 aliphatic heterocycles. The molecule has 7 heteroatoms. The van der Waals surface area contributed by atoms with Gasteiger partial charge in [0.05, 0.1) is 6.10 Å². The molecule has 1 saturated heterocycles. The summed E-state index contributed by atoms with van der Waals surface area (Å²) in [5.41, 5.74) is 0. The van der Waals surface area contributed by atoms with Gasteiger partial charge in [-0.1, -0.05) is 0 Å². The third-order valence-electron chi connectivity index (χ3n) is 2.86. The zero-order valence-corrected chi connectivity index (χ0v) is 10.6. The number of β-amino-alcohol motifs (C(OH)–C–C–N with tert-alkyl or cyclic N) is 1. The highest BCUT2D eigenvalue weighted by molar-refractivity contribution is 7.86. The molecule has 0 aromatic heterocycles. The fourth-order valence-corrected chi connectivity index (χ4v) is 3.02. The highest BCUT2D eigenvalue weighted by Crippen LogP contribution is 2.24. The van der Waals surface area contributed by atoms with Gasteiger partial charge < -0.3 is 5.11 Å². The SMILES string of the molecule is CC(F)C1CC(O)CN(S(=O)(=O)N(C)C)C1. The number of rotatable bonds is 3. The quantitative estimate of drug-likeness (QED) is 0.761. The Kier molecular flexibility index (Phi) is 4.28. The Hall–Kier alpha value is -0.240. The molecule has 0 radical (unpaired) electrons. The van der Waals surface area contributed by atoms with E-state index in [1.54, 1.807) is 0 Å². The van der Waals surface area contributed by atoms with Gasteiger partial charge in [-0.25, -0.2) is 4.39 Å². The number of hydrogen-bond donors (Lipinski definition) is 1. The van der Waals surface area contributed by atoms with Crippen LogP contribution in [0, 0.1) is 5.92 Å². The molecule has 1 N–H and O–H groups in total. The Morgan fingerprint density at radius 3 is 2.44 bits per heavy atom. The molecule has 3 unspecified atom stereocenters. The maximum atomic E-state index is 13.2. The van der Waals surface area contributed by atoms with Gasteiger partial charge in [0.15, 0.2) is 0 Å². The van der Waals surface area contributed by atoms with Crippen LogP contribution in [0.2, 0.25) is 0 Å². The first-order valence-corrected chi connectivity index (χ1v) is 6.64. The first-order chi connectivity index (χ1) is 7.25. The standard InChI is InChI=1S/C9H19FN2O3S/c1-7(10)8-4-9(13)6-12(5-8)16(14,15)11(2)3/h7-9,13H,4-6H2,1-3H3. The Morgan fingerprint density at radius 1 is 1.44 bits per heavy atom. The molecule has 0 aliphatic carbocycles. The smallest absolute Gasteiger partial charge is 0.281 e. The number of hydrogen-bond acceptors (Lipinski definition) is 3. The number of aliphatic hydroxyl groups is 1. The van der Waals surface area contributed by atoms with Crippen molar-refractivity contribution in [1.29, 1.82) is 0 Å². The lowest BCUT2D eigenvalue weighted by Crippen LogP contribution is -2.51. The van der Waals surface area contributed by atoms with E-state index in [1.807, 2.05) is 0 Å². The van der Waals surface area contributed by atoms with E-state index in [0.717, 1.165) is 8.61 Å². The van der Waals surface area contributed by atoms with Gasteiger partial charge in [0.2, 0.25) is 0 Å². The number of piperidine rings is 1. The molecule has 0 saturated carbocycles. The third kappa shape index (κ3) is 2.91. The fourth-order valence-electron chi connectivity index (χ4n) is 1.82. The maximum absolute atomic E-state index is 13.2. The lowest BCUT2D eigenvalue weighted by Gasteiger charge is -2.36. The summed E-state index contributed by atoms with van der Waals surface area (Å²) in [6, 6.07) is 0. The Balaban J connectivity index is 2.83. The topological polar surface area (TPSA) is 60.9 Å². The molecule has 96 valence electrons. The van der Waals surface area contributed by atoms with E-state index in [4.69, 9.17) is 0 Å².